The predicted molar refractivity (Wildman–Crippen MR) is 82.2 cm³/mol. The van der Waals surface area contributed by atoms with Crippen LogP contribution in [0.4, 0.5) is 0 Å². The Morgan fingerprint density at radius 2 is 1.95 bits per heavy atom. The van der Waals surface area contributed by atoms with Gasteiger partial charge in [0.2, 0.25) is 0 Å². The fourth-order valence-electron chi connectivity index (χ4n) is 2.07. The molecule has 3 aromatic rings. The molecule has 21 heavy (non-hydrogen) atoms. The fourth-order valence-corrected chi connectivity index (χ4v) is 2.24. The summed E-state index contributed by atoms with van der Waals surface area (Å²) in [7, 11) is 0. The molecule has 5 nitrogen and oxygen atoms in total. The lowest BCUT2D eigenvalue weighted by Crippen LogP contribution is -2.19. The summed E-state index contributed by atoms with van der Waals surface area (Å²) >= 11 is 5.93. The smallest absolute Gasteiger partial charge is 0.258 e. The lowest BCUT2D eigenvalue weighted by molar-refractivity contribution is 0.662. The summed E-state index contributed by atoms with van der Waals surface area (Å²) in [5, 5.41) is 4.34. The SMILES string of the molecule is O=c1[nH]c(CNCc2ccncc2)nc2cc(Cl)ccc12. The van der Waals surface area contributed by atoms with Crippen LogP contribution in [0, 0.1) is 0 Å². The Labute approximate surface area is 126 Å². The third-order valence-corrected chi connectivity index (χ3v) is 3.32. The van der Waals surface area contributed by atoms with Gasteiger partial charge in [0.15, 0.2) is 0 Å². The summed E-state index contributed by atoms with van der Waals surface area (Å²) in [6.45, 7) is 1.15. The number of nitrogens with one attached hydrogen (secondary N) is 2. The average molecular weight is 301 g/mol. The average Bonchev–Trinajstić information content (AvgIpc) is 2.48. The van der Waals surface area contributed by atoms with E-state index in [2.05, 4.69) is 20.3 Å². The number of nitrogens with zero attached hydrogens (tertiary/aromatic N) is 2. The van der Waals surface area contributed by atoms with Gasteiger partial charge in [-0.05, 0) is 35.9 Å². The number of aromatic nitrogens is 3. The van der Waals surface area contributed by atoms with Crippen molar-refractivity contribution in [3.63, 3.8) is 0 Å². The molecule has 106 valence electrons. The lowest BCUT2D eigenvalue weighted by Gasteiger charge is -2.05. The molecule has 0 amide bonds. The summed E-state index contributed by atoms with van der Waals surface area (Å²) in [5.41, 5.74) is 1.57. The van der Waals surface area contributed by atoms with Crippen LogP contribution in [-0.2, 0) is 13.1 Å². The van der Waals surface area contributed by atoms with Crippen molar-refractivity contribution < 1.29 is 0 Å². The minimum Gasteiger partial charge on any atom is -0.309 e. The van der Waals surface area contributed by atoms with Crippen LogP contribution in [0.25, 0.3) is 10.9 Å². The highest BCUT2D eigenvalue weighted by atomic mass is 35.5. The van der Waals surface area contributed by atoms with Crippen molar-refractivity contribution in [1.29, 1.82) is 0 Å². The molecule has 0 aliphatic rings. The number of pyridine rings is 1. The zero-order valence-electron chi connectivity index (χ0n) is 11.1. The molecule has 2 heterocycles. The third-order valence-electron chi connectivity index (χ3n) is 3.09. The van der Waals surface area contributed by atoms with Crippen molar-refractivity contribution in [2.75, 3.05) is 0 Å². The first-order chi connectivity index (χ1) is 10.2. The highest BCUT2D eigenvalue weighted by Crippen LogP contribution is 2.14. The number of fused-ring (bicyclic) bond motifs is 1. The van der Waals surface area contributed by atoms with Crippen LogP contribution in [0.1, 0.15) is 11.4 Å². The van der Waals surface area contributed by atoms with Gasteiger partial charge in [-0.3, -0.25) is 9.78 Å². The van der Waals surface area contributed by atoms with Gasteiger partial charge in [0.05, 0.1) is 17.4 Å². The first-order valence-electron chi connectivity index (χ1n) is 6.50. The first kappa shape index (κ1) is 13.7. The second kappa shape index (κ2) is 6.03. The zero-order valence-corrected chi connectivity index (χ0v) is 11.9. The van der Waals surface area contributed by atoms with E-state index in [1.807, 2.05) is 12.1 Å². The van der Waals surface area contributed by atoms with E-state index >= 15 is 0 Å². The van der Waals surface area contributed by atoms with E-state index in [-0.39, 0.29) is 5.56 Å². The normalized spacial score (nSPS) is 10.9. The Bertz CT molecular complexity index is 817. The molecule has 0 radical (unpaired) electrons. The zero-order chi connectivity index (χ0) is 14.7. The fraction of sp³-hybridized carbons (Fsp3) is 0.133. The standard InChI is InChI=1S/C15H13ClN4O/c16-11-1-2-12-13(7-11)19-14(20-15(12)21)9-18-8-10-3-5-17-6-4-10/h1-7,18H,8-9H2,(H,19,20,21). The highest BCUT2D eigenvalue weighted by Gasteiger charge is 2.04. The molecular weight excluding hydrogens is 288 g/mol. The van der Waals surface area contributed by atoms with Gasteiger partial charge in [-0.2, -0.15) is 0 Å². The summed E-state index contributed by atoms with van der Waals surface area (Å²) in [6.07, 6.45) is 3.49. The van der Waals surface area contributed by atoms with Gasteiger partial charge in [0, 0.05) is 24.0 Å². The van der Waals surface area contributed by atoms with E-state index < -0.39 is 0 Å². The van der Waals surface area contributed by atoms with Crippen molar-refractivity contribution in [3.05, 3.63) is 69.5 Å². The van der Waals surface area contributed by atoms with Gasteiger partial charge >= 0.3 is 0 Å². The van der Waals surface area contributed by atoms with Crippen LogP contribution < -0.4 is 10.9 Å². The van der Waals surface area contributed by atoms with E-state index in [9.17, 15) is 4.79 Å². The lowest BCUT2D eigenvalue weighted by atomic mass is 10.2. The molecule has 0 unspecified atom stereocenters. The molecule has 0 aliphatic heterocycles. The van der Waals surface area contributed by atoms with Crippen LogP contribution in [-0.4, -0.2) is 15.0 Å². The Hall–Kier alpha value is -2.24. The minimum absolute atomic E-state index is 0.155. The monoisotopic (exact) mass is 300 g/mol. The van der Waals surface area contributed by atoms with Gasteiger partial charge in [-0.1, -0.05) is 11.6 Å². The van der Waals surface area contributed by atoms with Crippen LogP contribution in [0.3, 0.4) is 0 Å². The molecule has 0 spiro atoms. The summed E-state index contributed by atoms with van der Waals surface area (Å²) in [5.74, 6) is 0.587. The molecule has 0 saturated carbocycles. The topological polar surface area (TPSA) is 70.7 Å². The first-order valence-corrected chi connectivity index (χ1v) is 6.88. The second-order valence-electron chi connectivity index (χ2n) is 4.63. The predicted octanol–water partition coefficient (Wildman–Crippen LogP) is 2.26. The molecule has 2 N–H and O–H groups in total. The van der Waals surface area contributed by atoms with Crippen molar-refractivity contribution in [2.24, 2.45) is 0 Å². The van der Waals surface area contributed by atoms with Gasteiger partial charge in [-0.15, -0.1) is 0 Å². The maximum atomic E-state index is 12.0. The van der Waals surface area contributed by atoms with E-state index in [0.717, 1.165) is 5.56 Å². The van der Waals surface area contributed by atoms with Crippen molar-refractivity contribution in [3.8, 4) is 0 Å². The summed E-state index contributed by atoms with van der Waals surface area (Å²) in [6, 6.07) is 8.92. The summed E-state index contributed by atoms with van der Waals surface area (Å²) in [4.78, 5) is 23.1. The number of rotatable bonds is 4. The van der Waals surface area contributed by atoms with E-state index in [1.165, 1.54) is 0 Å². The molecule has 1 aromatic carbocycles. The number of aromatic amines is 1. The van der Waals surface area contributed by atoms with Gasteiger partial charge in [-0.25, -0.2) is 4.98 Å². The van der Waals surface area contributed by atoms with Gasteiger partial charge in [0.25, 0.3) is 5.56 Å². The number of benzene rings is 1. The van der Waals surface area contributed by atoms with E-state index in [1.54, 1.807) is 30.6 Å². The third kappa shape index (κ3) is 3.26. The van der Waals surface area contributed by atoms with Gasteiger partial charge < -0.3 is 10.3 Å². The van der Waals surface area contributed by atoms with Crippen LogP contribution in [0.5, 0.6) is 0 Å². The second-order valence-corrected chi connectivity index (χ2v) is 5.07. The molecule has 0 atom stereocenters. The Morgan fingerprint density at radius 3 is 2.76 bits per heavy atom. The van der Waals surface area contributed by atoms with Crippen molar-refractivity contribution in [2.45, 2.75) is 13.1 Å². The molecule has 0 saturated heterocycles. The maximum Gasteiger partial charge on any atom is 0.258 e. The summed E-state index contributed by atoms with van der Waals surface area (Å²) < 4.78 is 0. The Morgan fingerprint density at radius 1 is 1.14 bits per heavy atom. The van der Waals surface area contributed by atoms with E-state index in [0.29, 0.717) is 34.8 Å². The van der Waals surface area contributed by atoms with E-state index in [4.69, 9.17) is 11.6 Å². The van der Waals surface area contributed by atoms with Crippen LogP contribution in [0.15, 0.2) is 47.5 Å². The number of hydrogen-bond acceptors (Lipinski definition) is 4. The Kier molecular flexibility index (Phi) is 3.94. The molecular formula is C15H13ClN4O. The minimum atomic E-state index is -0.155. The number of hydrogen-bond donors (Lipinski definition) is 2. The number of H-pyrrole nitrogens is 1. The highest BCUT2D eigenvalue weighted by molar-refractivity contribution is 6.31. The van der Waals surface area contributed by atoms with Gasteiger partial charge in [0.1, 0.15) is 5.82 Å². The van der Waals surface area contributed by atoms with Crippen molar-refractivity contribution >= 4 is 22.5 Å². The van der Waals surface area contributed by atoms with Crippen LogP contribution in [0.2, 0.25) is 5.02 Å². The molecule has 0 bridgehead atoms. The Balaban J connectivity index is 1.77. The molecule has 0 aliphatic carbocycles. The number of halogens is 1. The molecule has 6 heteroatoms. The molecule has 2 aromatic heterocycles. The maximum absolute atomic E-state index is 12.0. The van der Waals surface area contributed by atoms with Crippen LogP contribution >= 0.6 is 11.6 Å². The quantitative estimate of drug-likeness (QED) is 0.775. The van der Waals surface area contributed by atoms with Crippen molar-refractivity contribution in [1.82, 2.24) is 20.3 Å². The molecule has 0 fully saturated rings. The largest absolute Gasteiger partial charge is 0.309 e. The molecule has 3 rings (SSSR count).